The number of hydrogen-bond acceptors (Lipinski definition) is 3. The molecule has 0 aliphatic carbocycles. The minimum Gasteiger partial charge on any atom is -0.355 e. The molecule has 0 fully saturated rings. The molecular formula is C18H15N3S. The summed E-state index contributed by atoms with van der Waals surface area (Å²) in [5.74, 6) is 0. The van der Waals surface area contributed by atoms with Crippen molar-refractivity contribution >= 4 is 28.4 Å². The van der Waals surface area contributed by atoms with Gasteiger partial charge in [-0.15, -0.1) is 0 Å². The monoisotopic (exact) mass is 305 g/mol. The van der Waals surface area contributed by atoms with E-state index in [1.54, 1.807) is 11.8 Å². The molecule has 4 rings (SSSR count). The summed E-state index contributed by atoms with van der Waals surface area (Å²) in [7, 11) is 0. The molecule has 3 nitrogen and oxygen atoms in total. The minimum atomic E-state index is -0.784. The summed E-state index contributed by atoms with van der Waals surface area (Å²) >= 11 is 1.58. The van der Waals surface area contributed by atoms with E-state index in [1.165, 1.54) is 10.9 Å². The van der Waals surface area contributed by atoms with Crippen LogP contribution in [0.5, 0.6) is 0 Å². The van der Waals surface area contributed by atoms with E-state index >= 15 is 0 Å². The normalized spacial score (nSPS) is 19.6. The van der Waals surface area contributed by atoms with E-state index in [0.717, 1.165) is 28.2 Å². The first-order valence-electron chi connectivity index (χ1n) is 7.35. The maximum absolute atomic E-state index is 9.93. The van der Waals surface area contributed by atoms with E-state index in [2.05, 4.69) is 41.5 Å². The second-order valence-corrected chi connectivity index (χ2v) is 6.65. The number of benzene rings is 2. The number of para-hydroxylation sites is 2. The van der Waals surface area contributed by atoms with Crippen LogP contribution in [0.25, 0.3) is 10.9 Å². The highest BCUT2D eigenvalue weighted by Crippen LogP contribution is 2.51. The van der Waals surface area contributed by atoms with Crippen LogP contribution in [0.15, 0.2) is 53.4 Å². The van der Waals surface area contributed by atoms with E-state index < -0.39 is 4.87 Å². The number of nitrogens with one attached hydrogen (secondary N) is 2. The van der Waals surface area contributed by atoms with Crippen LogP contribution in [0.4, 0.5) is 5.69 Å². The van der Waals surface area contributed by atoms with E-state index in [9.17, 15) is 5.26 Å². The Kier molecular flexibility index (Phi) is 2.91. The van der Waals surface area contributed by atoms with E-state index in [4.69, 9.17) is 0 Å². The number of aryl methyl sites for hydroxylation is 1. The SMILES string of the molecule is CCc1c(C2(C#N)Nc3ccccc3S2)[nH]c2ccccc12. The van der Waals surface area contributed by atoms with Gasteiger partial charge in [0.1, 0.15) is 6.07 Å². The summed E-state index contributed by atoms with van der Waals surface area (Å²) < 4.78 is 0. The van der Waals surface area contributed by atoms with Crippen LogP contribution in [0.2, 0.25) is 0 Å². The fourth-order valence-corrected chi connectivity index (χ4v) is 4.32. The molecule has 2 heterocycles. The smallest absolute Gasteiger partial charge is 0.217 e. The highest BCUT2D eigenvalue weighted by Gasteiger charge is 2.42. The molecule has 0 bridgehead atoms. The second-order valence-electron chi connectivity index (χ2n) is 5.39. The fourth-order valence-electron chi connectivity index (χ4n) is 3.13. The first-order valence-corrected chi connectivity index (χ1v) is 8.16. The summed E-state index contributed by atoms with van der Waals surface area (Å²) in [6.07, 6.45) is 0.890. The predicted octanol–water partition coefficient (Wildman–Crippen LogP) is 4.62. The fraction of sp³-hybridized carbons (Fsp3) is 0.167. The number of thioether (sulfide) groups is 1. The summed E-state index contributed by atoms with van der Waals surface area (Å²) in [6, 6.07) is 18.8. The van der Waals surface area contributed by atoms with Crippen molar-refractivity contribution in [1.82, 2.24) is 4.98 Å². The summed E-state index contributed by atoms with van der Waals surface area (Å²) in [5, 5.41) is 14.6. The number of hydrogen-bond donors (Lipinski definition) is 2. The van der Waals surface area contributed by atoms with Crippen LogP contribution in [0.3, 0.4) is 0 Å². The molecular weight excluding hydrogens is 290 g/mol. The number of anilines is 1. The number of aromatic amines is 1. The average Bonchev–Trinajstić information content (AvgIpc) is 3.13. The van der Waals surface area contributed by atoms with Gasteiger partial charge in [0.25, 0.3) is 0 Å². The van der Waals surface area contributed by atoms with E-state index in [0.29, 0.717) is 0 Å². The lowest BCUT2D eigenvalue weighted by Crippen LogP contribution is -2.27. The molecule has 1 atom stereocenters. The topological polar surface area (TPSA) is 51.6 Å². The third-order valence-electron chi connectivity index (χ3n) is 4.14. The molecule has 1 aliphatic rings. The highest BCUT2D eigenvalue weighted by atomic mass is 32.2. The van der Waals surface area contributed by atoms with Crippen LogP contribution in [-0.4, -0.2) is 4.98 Å². The third-order valence-corrected chi connectivity index (χ3v) is 5.42. The summed E-state index contributed by atoms with van der Waals surface area (Å²) in [5.41, 5.74) is 4.29. The Balaban J connectivity index is 1.93. The number of aromatic nitrogens is 1. The van der Waals surface area contributed by atoms with Crippen molar-refractivity contribution in [3.63, 3.8) is 0 Å². The Bertz CT molecular complexity index is 879. The molecule has 2 aromatic carbocycles. The Labute approximate surface area is 133 Å². The minimum absolute atomic E-state index is 0.784. The Morgan fingerprint density at radius 1 is 1.14 bits per heavy atom. The lowest BCUT2D eigenvalue weighted by molar-refractivity contribution is 0.870. The van der Waals surface area contributed by atoms with Crippen molar-refractivity contribution < 1.29 is 0 Å². The van der Waals surface area contributed by atoms with Gasteiger partial charge in [0.2, 0.25) is 4.87 Å². The number of nitriles is 1. The molecule has 0 radical (unpaired) electrons. The van der Waals surface area contributed by atoms with Crippen LogP contribution in [0.1, 0.15) is 18.2 Å². The standard InChI is InChI=1S/C18H15N3S/c1-2-12-13-7-3-4-8-14(13)20-17(12)18(11-19)21-15-9-5-6-10-16(15)22-18/h3-10,20-21H,2H2,1H3. The molecule has 0 saturated heterocycles. The van der Waals surface area contributed by atoms with Crippen molar-refractivity contribution in [2.45, 2.75) is 23.1 Å². The van der Waals surface area contributed by atoms with E-state index in [1.807, 2.05) is 30.3 Å². The molecule has 22 heavy (non-hydrogen) atoms. The van der Waals surface area contributed by atoms with Gasteiger partial charge in [0, 0.05) is 15.8 Å². The molecule has 1 unspecified atom stereocenters. The third kappa shape index (κ3) is 1.76. The van der Waals surface area contributed by atoms with Gasteiger partial charge in [-0.1, -0.05) is 49.0 Å². The predicted molar refractivity (Wildman–Crippen MR) is 90.9 cm³/mol. The maximum atomic E-state index is 9.93. The number of nitrogens with zero attached hydrogens (tertiary/aromatic N) is 1. The lowest BCUT2D eigenvalue weighted by Gasteiger charge is -2.21. The largest absolute Gasteiger partial charge is 0.355 e. The number of H-pyrrole nitrogens is 1. The maximum Gasteiger partial charge on any atom is 0.217 e. The van der Waals surface area contributed by atoms with Gasteiger partial charge >= 0.3 is 0 Å². The molecule has 108 valence electrons. The van der Waals surface area contributed by atoms with Crippen LogP contribution < -0.4 is 5.32 Å². The Morgan fingerprint density at radius 2 is 1.91 bits per heavy atom. The van der Waals surface area contributed by atoms with Crippen molar-refractivity contribution in [3.8, 4) is 6.07 Å². The lowest BCUT2D eigenvalue weighted by atomic mass is 10.0. The van der Waals surface area contributed by atoms with Gasteiger partial charge in [0.15, 0.2) is 0 Å². The van der Waals surface area contributed by atoms with Crippen LogP contribution in [-0.2, 0) is 11.3 Å². The summed E-state index contributed by atoms with van der Waals surface area (Å²) in [6.45, 7) is 2.14. The van der Waals surface area contributed by atoms with Crippen molar-refractivity contribution in [1.29, 1.82) is 5.26 Å². The quantitative estimate of drug-likeness (QED) is 0.726. The van der Waals surface area contributed by atoms with Gasteiger partial charge in [-0.2, -0.15) is 5.26 Å². The van der Waals surface area contributed by atoms with E-state index in [-0.39, 0.29) is 0 Å². The van der Waals surface area contributed by atoms with Gasteiger partial charge in [-0.25, -0.2) is 0 Å². The van der Waals surface area contributed by atoms with Crippen molar-refractivity contribution in [3.05, 3.63) is 59.8 Å². The number of fused-ring (bicyclic) bond motifs is 2. The first-order chi connectivity index (χ1) is 10.8. The second kappa shape index (κ2) is 4.82. The molecule has 1 aromatic heterocycles. The molecule has 0 spiro atoms. The molecule has 0 saturated carbocycles. The number of rotatable bonds is 2. The van der Waals surface area contributed by atoms with Crippen LogP contribution in [0, 0.1) is 11.3 Å². The highest BCUT2D eigenvalue weighted by molar-refractivity contribution is 8.01. The first kappa shape index (κ1) is 13.3. The zero-order valence-corrected chi connectivity index (χ0v) is 13.0. The zero-order chi connectivity index (χ0) is 15.2. The molecule has 1 aliphatic heterocycles. The molecule has 0 amide bonds. The molecule has 4 heteroatoms. The molecule has 2 N–H and O–H groups in total. The van der Waals surface area contributed by atoms with Crippen molar-refractivity contribution in [2.24, 2.45) is 0 Å². The zero-order valence-electron chi connectivity index (χ0n) is 12.2. The average molecular weight is 305 g/mol. The van der Waals surface area contributed by atoms with Gasteiger partial charge < -0.3 is 10.3 Å². The van der Waals surface area contributed by atoms with Gasteiger partial charge in [-0.05, 0) is 30.2 Å². The summed E-state index contributed by atoms with van der Waals surface area (Å²) in [4.78, 5) is 3.81. The van der Waals surface area contributed by atoms with Gasteiger partial charge in [0.05, 0.1) is 11.4 Å². The van der Waals surface area contributed by atoms with Crippen LogP contribution >= 0.6 is 11.8 Å². The molecule has 3 aromatic rings. The van der Waals surface area contributed by atoms with Gasteiger partial charge in [-0.3, -0.25) is 0 Å². The van der Waals surface area contributed by atoms with Crippen molar-refractivity contribution in [2.75, 3.05) is 5.32 Å². The Hall–Kier alpha value is -2.38. The Morgan fingerprint density at radius 3 is 2.68 bits per heavy atom.